The van der Waals surface area contributed by atoms with Crippen molar-refractivity contribution >= 4 is 28.8 Å². The number of benzene rings is 1. The molecule has 0 aliphatic heterocycles. The summed E-state index contributed by atoms with van der Waals surface area (Å²) in [6.45, 7) is 4.05. The lowest BCUT2D eigenvalue weighted by molar-refractivity contribution is 0.0939. The van der Waals surface area contributed by atoms with Crippen molar-refractivity contribution in [1.82, 2.24) is 5.32 Å². The van der Waals surface area contributed by atoms with Crippen molar-refractivity contribution < 1.29 is 4.79 Å². The van der Waals surface area contributed by atoms with Gasteiger partial charge >= 0.3 is 0 Å². The Labute approximate surface area is 122 Å². The lowest BCUT2D eigenvalue weighted by Crippen LogP contribution is -2.27. The van der Waals surface area contributed by atoms with Crippen LogP contribution in [0.5, 0.6) is 0 Å². The van der Waals surface area contributed by atoms with Crippen molar-refractivity contribution in [2.24, 2.45) is 0 Å². The molecule has 0 fully saturated rings. The van der Waals surface area contributed by atoms with Crippen LogP contribution in [-0.4, -0.2) is 5.91 Å². The maximum absolute atomic E-state index is 12.1. The first-order chi connectivity index (χ1) is 9.10. The Morgan fingerprint density at radius 2 is 1.95 bits per heavy atom. The zero-order chi connectivity index (χ0) is 13.8. The van der Waals surface area contributed by atoms with Gasteiger partial charge in [-0.3, -0.25) is 4.79 Å². The smallest absolute Gasteiger partial charge is 0.261 e. The molecular formula is C15H16ClNOS. The maximum atomic E-state index is 12.1. The molecule has 1 aromatic heterocycles. The van der Waals surface area contributed by atoms with Crippen LogP contribution in [0.2, 0.25) is 5.02 Å². The van der Waals surface area contributed by atoms with Gasteiger partial charge in [0.2, 0.25) is 0 Å². The Bertz CT molecular complexity index is 562. The fourth-order valence-electron chi connectivity index (χ4n) is 1.90. The Hall–Kier alpha value is -1.32. The van der Waals surface area contributed by atoms with Crippen molar-refractivity contribution in [3.05, 3.63) is 56.7 Å². The highest BCUT2D eigenvalue weighted by molar-refractivity contribution is 7.13. The van der Waals surface area contributed by atoms with Crippen molar-refractivity contribution in [2.75, 3.05) is 0 Å². The van der Waals surface area contributed by atoms with Crippen LogP contribution in [0.3, 0.4) is 0 Å². The predicted molar refractivity (Wildman–Crippen MR) is 81.0 cm³/mol. The van der Waals surface area contributed by atoms with Gasteiger partial charge in [0.05, 0.1) is 10.9 Å². The summed E-state index contributed by atoms with van der Waals surface area (Å²) in [5.41, 5.74) is 1.08. The van der Waals surface area contributed by atoms with Crippen LogP contribution in [0.4, 0.5) is 0 Å². The molecule has 0 spiro atoms. The second-order valence-corrected chi connectivity index (χ2v) is 6.12. The third-order valence-electron chi connectivity index (χ3n) is 2.95. The number of nitrogens with one attached hydrogen (secondary N) is 1. The van der Waals surface area contributed by atoms with E-state index in [4.69, 9.17) is 11.6 Å². The number of hydrogen-bond acceptors (Lipinski definition) is 2. The molecular weight excluding hydrogens is 278 g/mol. The minimum absolute atomic E-state index is 0.0140. The Morgan fingerprint density at radius 1 is 1.26 bits per heavy atom. The maximum Gasteiger partial charge on any atom is 0.261 e. The average molecular weight is 294 g/mol. The fraction of sp³-hybridized carbons (Fsp3) is 0.267. The third-order valence-corrected chi connectivity index (χ3v) is 4.20. The van der Waals surface area contributed by atoms with Gasteiger partial charge in [0.1, 0.15) is 0 Å². The molecule has 0 bridgehead atoms. The van der Waals surface area contributed by atoms with Gasteiger partial charge in [-0.2, -0.15) is 0 Å². The normalized spacial score (nSPS) is 12.2. The van der Waals surface area contributed by atoms with Gasteiger partial charge in [0.25, 0.3) is 5.91 Å². The van der Waals surface area contributed by atoms with Crippen molar-refractivity contribution in [3.63, 3.8) is 0 Å². The van der Waals surface area contributed by atoms with E-state index in [1.807, 2.05) is 43.3 Å². The average Bonchev–Trinajstić information content (AvgIpc) is 2.84. The van der Waals surface area contributed by atoms with Crippen LogP contribution in [-0.2, 0) is 0 Å². The number of amides is 1. The first-order valence-corrected chi connectivity index (χ1v) is 7.42. The lowest BCUT2D eigenvalue weighted by atomic mass is 10.0. The van der Waals surface area contributed by atoms with Gasteiger partial charge in [-0.05, 0) is 43.2 Å². The summed E-state index contributed by atoms with van der Waals surface area (Å²) in [7, 11) is 0. The Morgan fingerprint density at radius 3 is 2.47 bits per heavy atom. The first kappa shape index (κ1) is 14.1. The van der Waals surface area contributed by atoms with Crippen molar-refractivity contribution in [3.8, 4) is 0 Å². The summed E-state index contributed by atoms with van der Waals surface area (Å²) >= 11 is 7.39. The standard InChI is InChI=1S/C15H16ClNOS/c1-3-13(11-5-7-12(16)8-6-11)17-15(18)14-9-4-10(2)19-14/h4-9,13H,3H2,1-2H3,(H,17,18). The van der Waals surface area contributed by atoms with Crippen LogP contribution in [0.1, 0.15) is 39.5 Å². The summed E-state index contributed by atoms with van der Waals surface area (Å²) in [4.78, 5) is 14.0. The van der Waals surface area contributed by atoms with Crippen molar-refractivity contribution in [1.29, 1.82) is 0 Å². The molecule has 4 heteroatoms. The van der Waals surface area contributed by atoms with E-state index in [1.165, 1.54) is 11.3 Å². The molecule has 19 heavy (non-hydrogen) atoms. The quantitative estimate of drug-likeness (QED) is 0.877. The number of rotatable bonds is 4. The SMILES string of the molecule is CCC(NC(=O)c1ccc(C)s1)c1ccc(Cl)cc1. The zero-order valence-electron chi connectivity index (χ0n) is 10.9. The topological polar surface area (TPSA) is 29.1 Å². The summed E-state index contributed by atoms with van der Waals surface area (Å²) in [5.74, 6) is -0.0140. The summed E-state index contributed by atoms with van der Waals surface area (Å²) in [5, 5.41) is 3.77. The molecule has 0 saturated heterocycles. The van der Waals surface area contributed by atoms with Crippen LogP contribution < -0.4 is 5.32 Å². The second kappa shape index (κ2) is 6.22. The fourth-order valence-corrected chi connectivity index (χ4v) is 2.80. The van der Waals surface area contributed by atoms with Crippen molar-refractivity contribution in [2.45, 2.75) is 26.3 Å². The Balaban J connectivity index is 2.11. The largest absolute Gasteiger partial charge is 0.345 e. The minimum atomic E-state index is -0.0140. The highest BCUT2D eigenvalue weighted by atomic mass is 35.5. The molecule has 1 aromatic carbocycles. The van der Waals surface area contributed by atoms with Crippen LogP contribution >= 0.6 is 22.9 Å². The van der Waals surface area contributed by atoms with Gasteiger partial charge < -0.3 is 5.32 Å². The lowest BCUT2D eigenvalue weighted by Gasteiger charge is -2.17. The van der Waals surface area contributed by atoms with E-state index in [0.717, 1.165) is 21.7 Å². The van der Waals surface area contributed by atoms with Crippen LogP contribution in [0, 0.1) is 6.92 Å². The number of aryl methyl sites for hydroxylation is 1. The van der Waals surface area contributed by atoms with Gasteiger partial charge in [0.15, 0.2) is 0 Å². The predicted octanol–water partition coefficient (Wildman–Crippen LogP) is 4.59. The zero-order valence-corrected chi connectivity index (χ0v) is 12.5. The molecule has 1 amide bonds. The molecule has 0 saturated carbocycles. The van der Waals surface area contributed by atoms with Gasteiger partial charge in [-0.1, -0.05) is 30.7 Å². The van der Waals surface area contributed by atoms with Gasteiger partial charge in [0, 0.05) is 9.90 Å². The van der Waals surface area contributed by atoms with E-state index in [0.29, 0.717) is 5.02 Å². The van der Waals surface area contributed by atoms with E-state index in [2.05, 4.69) is 12.2 Å². The van der Waals surface area contributed by atoms with E-state index >= 15 is 0 Å². The highest BCUT2D eigenvalue weighted by Crippen LogP contribution is 2.21. The molecule has 1 N–H and O–H groups in total. The molecule has 2 rings (SSSR count). The number of thiophene rings is 1. The molecule has 2 aromatic rings. The summed E-state index contributed by atoms with van der Waals surface area (Å²) in [6.07, 6.45) is 0.845. The summed E-state index contributed by atoms with van der Waals surface area (Å²) < 4.78 is 0. The number of hydrogen-bond donors (Lipinski definition) is 1. The van der Waals surface area contributed by atoms with E-state index in [1.54, 1.807) is 0 Å². The van der Waals surface area contributed by atoms with Gasteiger partial charge in [-0.25, -0.2) is 0 Å². The van der Waals surface area contributed by atoms with Crippen LogP contribution in [0.15, 0.2) is 36.4 Å². The molecule has 0 aliphatic carbocycles. The number of halogens is 1. The number of carbonyl (C=O) groups is 1. The molecule has 100 valence electrons. The second-order valence-electron chi connectivity index (χ2n) is 4.40. The van der Waals surface area contributed by atoms with E-state index < -0.39 is 0 Å². The summed E-state index contributed by atoms with van der Waals surface area (Å²) in [6, 6.07) is 11.5. The molecule has 1 unspecified atom stereocenters. The molecule has 0 radical (unpaired) electrons. The monoisotopic (exact) mass is 293 g/mol. The van der Waals surface area contributed by atoms with Crippen LogP contribution in [0.25, 0.3) is 0 Å². The van der Waals surface area contributed by atoms with Gasteiger partial charge in [-0.15, -0.1) is 11.3 Å². The Kier molecular flexibility index (Phi) is 4.61. The minimum Gasteiger partial charge on any atom is -0.345 e. The van der Waals surface area contributed by atoms with E-state index in [9.17, 15) is 4.79 Å². The molecule has 1 heterocycles. The molecule has 2 nitrogen and oxygen atoms in total. The third kappa shape index (κ3) is 3.58. The molecule has 0 aliphatic rings. The van der Waals surface area contributed by atoms with E-state index in [-0.39, 0.29) is 11.9 Å². The highest BCUT2D eigenvalue weighted by Gasteiger charge is 2.15. The molecule has 1 atom stereocenters. The number of carbonyl (C=O) groups excluding carboxylic acids is 1. The first-order valence-electron chi connectivity index (χ1n) is 6.23.